The molecule has 0 fully saturated rings. The first-order valence-electron chi connectivity index (χ1n) is 9.14. The summed E-state index contributed by atoms with van der Waals surface area (Å²) in [7, 11) is 0. The second-order valence-corrected chi connectivity index (χ2v) is 7.64. The molecule has 1 unspecified atom stereocenters. The van der Waals surface area contributed by atoms with E-state index in [0.717, 1.165) is 28.9 Å². The van der Waals surface area contributed by atoms with Crippen molar-refractivity contribution in [2.45, 2.75) is 40.3 Å². The molecular weight excluding hydrogens is 483 g/mol. The van der Waals surface area contributed by atoms with Gasteiger partial charge in [0.05, 0.1) is 24.0 Å². The molecule has 3 aromatic rings. The number of aliphatic imine (C=N–C) groups is 1. The minimum atomic E-state index is 0. The number of halogens is 1. The highest BCUT2D eigenvalue weighted by Crippen LogP contribution is 2.18. The van der Waals surface area contributed by atoms with Crippen LogP contribution in [0.2, 0.25) is 0 Å². The minimum absolute atomic E-state index is 0. The average molecular weight is 510 g/mol. The Morgan fingerprint density at radius 2 is 2.11 bits per heavy atom. The number of guanidine groups is 1. The third-order valence-corrected chi connectivity index (χ3v) is 5.34. The molecule has 3 rings (SSSR count). The van der Waals surface area contributed by atoms with Crippen molar-refractivity contribution >= 4 is 41.3 Å². The van der Waals surface area contributed by atoms with E-state index in [1.807, 2.05) is 23.9 Å². The molecule has 0 amide bonds. The Morgan fingerprint density at radius 1 is 1.29 bits per heavy atom. The summed E-state index contributed by atoms with van der Waals surface area (Å²) in [5, 5.41) is 12.1. The van der Waals surface area contributed by atoms with Crippen LogP contribution < -0.4 is 10.6 Å². The highest BCUT2D eigenvalue weighted by Gasteiger charge is 2.10. The molecule has 1 aromatic carbocycles. The van der Waals surface area contributed by atoms with Gasteiger partial charge in [0, 0.05) is 23.8 Å². The zero-order valence-electron chi connectivity index (χ0n) is 16.6. The van der Waals surface area contributed by atoms with Gasteiger partial charge in [0.25, 0.3) is 0 Å². The van der Waals surface area contributed by atoms with Gasteiger partial charge in [-0.2, -0.15) is 5.10 Å². The maximum atomic E-state index is 4.70. The lowest BCUT2D eigenvalue weighted by molar-refractivity contribution is 0.684. The fraction of sp³-hybridized carbons (Fsp3) is 0.350. The summed E-state index contributed by atoms with van der Waals surface area (Å²) in [5.41, 5.74) is 3.31. The molecule has 0 saturated heterocycles. The first-order valence-corrected chi connectivity index (χ1v) is 9.96. The fourth-order valence-corrected chi connectivity index (χ4v) is 3.58. The molecule has 28 heavy (non-hydrogen) atoms. The van der Waals surface area contributed by atoms with Gasteiger partial charge in [0.15, 0.2) is 5.96 Å². The number of thiazole rings is 1. The first-order chi connectivity index (χ1) is 13.1. The van der Waals surface area contributed by atoms with Gasteiger partial charge in [-0.3, -0.25) is 0 Å². The second kappa shape index (κ2) is 10.6. The largest absolute Gasteiger partial charge is 0.357 e. The van der Waals surface area contributed by atoms with Crippen molar-refractivity contribution in [3.05, 3.63) is 63.9 Å². The highest BCUT2D eigenvalue weighted by molar-refractivity contribution is 14.0. The van der Waals surface area contributed by atoms with Crippen LogP contribution >= 0.6 is 35.3 Å². The van der Waals surface area contributed by atoms with Crippen molar-refractivity contribution < 1.29 is 0 Å². The minimum Gasteiger partial charge on any atom is -0.357 e. The van der Waals surface area contributed by atoms with Crippen molar-refractivity contribution in [1.29, 1.82) is 0 Å². The lowest BCUT2D eigenvalue weighted by atomic mass is 10.1. The smallest absolute Gasteiger partial charge is 0.192 e. The molecular formula is C20H27IN6S. The maximum Gasteiger partial charge on any atom is 0.192 e. The van der Waals surface area contributed by atoms with E-state index in [1.165, 1.54) is 10.4 Å². The van der Waals surface area contributed by atoms with Gasteiger partial charge in [0.2, 0.25) is 0 Å². The zero-order valence-corrected chi connectivity index (χ0v) is 19.8. The van der Waals surface area contributed by atoms with Gasteiger partial charge in [-0.15, -0.1) is 35.3 Å². The average Bonchev–Trinajstić information content (AvgIpc) is 3.30. The molecule has 0 radical (unpaired) electrons. The quantitative estimate of drug-likeness (QED) is 0.294. The molecule has 0 aliphatic heterocycles. The Balaban J connectivity index is 0.00000280. The van der Waals surface area contributed by atoms with E-state index in [-0.39, 0.29) is 30.0 Å². The molecule has 1 atom stereocenters. The van der Waals surface area contributed by atoms with Crippen LogP contribution in [-0.2, 0) is 6.54 Å². The summed E-state index contributed by atoms with van der Waals surface area (Å²) < 4.78 is 1.86. The maximum absolute atomic E-state index is 4.70. The normalized spacial score (nSPS) is 12.4. The molecule has 0 spiro atoms. The number of aryl methyl sites for hydroxylation is 2. The van der Waals surface area contributed by atoms with Crippen LogP contribution in [0.15, 0.2) is 47.7 Å². The van der Waals surface area contributed by atoms with E-state index >= 15 is 0 Å². The van der Waals surface area contributed by atoms with Crippen molar-refractivity contribution in [3.8, 4) is 5.69 Å². The molecule has 0 bridgehead atoms. The van der Waals surface area contributed by atoms with E-state index in [4.69, 9.17) is 4.99 Å². The third-order valence-electron chi connectivity index (χ3n) is 4.28. The molecule has 0 aliphatic carbocycles. The van der Waals surface area contributed by atoms with Crippen molar-refractivity contribution in [2.24, 2.45) is 4.99 Å². The fourth-order valence-electron chi connectivity index (χ4n) is 2.72. The molecule has 2 heterocycles. The van der Waals surface area contributed by atoms with Gasteiger partial charge in [0.1, 0.15) is 5.01 Å². The van der Waals surface area contributed by atoms with Crippen molar-refractivity contribution in [2.75, 3.05) is 6.54 Å². The topological polar surface area (TPSA) is 67.1 Å². The number of rotatable bonds is 6. The summed E-state index contributed by atoms with van der Waals surface area (Å²) in [5.74, 6) is 0.792. The lowest BCUT2D eigenvalue weighted by Crippen LogP contribution is -2.38. The van der Waals surface area contributed by atoms with Crippen LogP contribution in [0.3, 0.4) is 0 Å². The Labute approximate surface area is 187 Å². The summed E-state index contributed by atoms with van der Waals surface area (Å²) in [6.45, 7) is 9.72. The van der Waals surface area contributed by atoms with E-state index in [9.17, 15) is 0 Å². The predicted octanol–water partition coefficient (Wildman–Crippen LogP) is 4.38. The molecule has 2 N–H and O–H groups in total. The highest BCUT2D eigenvalue weighted by atomic mass is 127. The standard InChI is InChI=1S/C20H26N6S.HI/c1-5-21-20(22-13-19-24-14(2)16(4)27-19)25-15(3)17-8-6-9-18(12-17)26-11-7-10-23-26;/h6-12,15H,5,13H2,1-4H3,(H2,21,22,25);1H. The van der Waals surface area contributed by atoms with Crippen LogP contribution in [0.4, 0.5) is 0 Å². The van der Waals surface area contributed by atoms with Gasteiger partial charge < -0.3 is 10.6 Å². The van der Waals surface area contributed by atoms with Gasteiger partial charge >= 0.3 is 0 Å². The number of nitrogens with one attached hydrogen (secondary N) is 2. The van der Waals surface area contributed by atoms with Crippen LogP contribution in [-0.4, -0.2) is 27.3 Å². The van der Waals surface area contributed by atoms with Gasteiger partial charge in [-0.25, -0.2) is 14.7 Å². The van der Waals surface area contributed by atoms with Gasteiger partial charge in [-0.05, 0) is 51.5 Å². The zero-order chi connectivity index (χ0) is 19.2. The first kappa shape index (κ1) is 22.4. The van der Waals surface area contributed by atoms with E-state index < -0.39 is 0 Å². The Bertz CT molecular complexity index is 884. The Kier molecular flexibility index (Phi) is 8.43. The van der Waals surface area contributed by atoms with Crippen LogP contribution in [0.1, 0.15) is 41.0 Å². The second-order valence-electron chi connectivity index (χ2n) is 6.36. The van der Waals surface area contributed by atoms with Crippen molar-refractivity contribution in [1.82, 2.24) is 25.4 Å². The molecule has 2 aromatic heterocycles. The number of nitrogens with zero attached hydrogens (tertiary/aromatic N) is 4. The molecule has 0 aliphatic rings. The Hall–Kier alpha value is -1.94. The van der Waals surface area contributed by atoms with E-state index in [0.29, 0.717) is 6.54 Å². The molecule has 8 heteroatoms. The summed E-state index contributed by atoms with van der Waals surface area (Å²) in [6.07, 6.45) is 3.73. The van der Waals surface area contributed by atoms with Crippen LogP contribution in [0.5, 0.6) is 0 Å². The van der Waals surface area contributed by atoms with Crippen LogP contribution in [0.25, 0.3) is 5.69 Å². The number of hydrogen-bond acceptors (Lipinski definition) is 4. The Morgan fingerprint density at radius 3 is 2.75 bits per heavy atom. The van der Waals surface area contributed by atoms with E-state index in [1.54, 1.807) is 17.5 Å². The van der Waals surface area contributed by atoms with Gasteiger partial charge in [-0.1, -0.05) is 12.1 Å². The summed E-state index contributed by atoms with van der Waals surface area (Å²) in [4.78, 5) is 10.5. The molecule has 6 nitrogen and oxygen atoms in total. The molecule has 150 valence electrons. The third kappa shape index (κ3) is 5.78. The monoisotopic (exact) mass is 510 g/mol. The van der Waals surface area contributed by atoms with Crippen molar-refractivity contribution in [3.63, 3.8) is 0 Å². The number of hydrogen-bond donors (Lipinski definition) is 2. The molecule has 0 saturated carbocycles. The van der Waals surface area contributed by atoms with E-state index in [2.05, 4.69) is 65.8 Å². The predicted molar refractivity (Wildman–Crippen MR) is 127 cm³/mol. The lowest BCUT2D eigenvalue weighted by Gasteiger charge is -2.18. The number of benzene rings is 1. The number of aromatic nitrogens is 3. The SMILES string of the molecule is CCNC(=NCc1nc(C)c(C)s1)NC(C)c1cccc(-n2cccn2)c1.I. The summed E-state index contributed by atoms with van der Waals surface area (Å²) in [6, 6.07) is 10.4. The summed E-state index contributed by atoms with van der Waals surface area (Å²) >= 11 is 1.71. The van der Waals surface area contributed by atoms with Crippen LogP contribution in [0, 0.1) is 13.8 Å².